The zero-order valence-electron chi connectivity index (χ0n) is 39.3. The van der Waals surface area contributed by atoms with Gasteiger partial charge in [-0.15, -0.1) is 0 Å². The Balaban J connectivity index is 3.83. The minimum atomic E-state index is -4.27. The van der Waals surface area contributed by atoms with E-state index in [9.17, 15) is 14.3 Å². The Morgan fingerprint density at radius 1 is 0.492 bits per heavy atom. The van der Waals surface area contributed by atoms with Crippen molar-refractivity contribution in [2.24, 2.45) is 5.73 Å². The normalized spacial score (nSPS) is 13.4. The number of rotatable bonds is 50. The Morgan fingerprint density at radius 3 is 1.24 bits per heavy atom. The van der Waals surface area contributed by atoms with Crippen molar-refractivity contribution in [3.63, 3.8) is 0 Å². The highest BCUT2D eigenvalue weighted by molar-refractivity contribution is 7.47. The maximum absolute atomic E-state index is 12.6. The van der Waals surface area contributed by atoms with E-state index < -0.39 is 13.9 Å². The molecule has 0 rings (SSSR count). The molecule has 0 aliphatic carbocycles. The summed E-state index contributed by atoms with van der Waals surface area (Å²) < 4.78 is 33.6. The molecule has 0 fully saturated rings. The lowest BCUT2D eigenvalue weighted by atomic mass is 10.0. The molecule has 0 saturated carbocycles. The van der Waals surface area contributed by atoms with Crippen molar-refractivity contribution in [2.45, 2.75) is 270 Å². The molecule has 0 aromatic rings. The van der Waals surface area contributed by atoms with E-state index in [0.717, 1.165) is 32.1 Å². The molecule has 0 aliphatic rings. The summed E-state index contributed by atoms with van der Waals surface area (Å²) in [4.78, 5) is 22.5. The number of esters is 1. The lowest BCUT2D eigenvalue weighted by Crippen LogP contribution is -2.28. The van der Waals surface area contributed by atoms with Crippen LogP contribution in [-0.4, -0.2) is 49.9 Å². The SMILES string of the molecule is CCCCCCCCCC/C=C\CCCCCCCCCCCCCCCCOCC(COP(=O)(O)OCCN)OC(=O)CCCCCCCCCCCCCCCC. The van der Waals surface area contributed by atoms with E-state index >= 15 is 0 Å². The van der Waals surface area contributed by atoms with Crippen LogP contribution in [0.15, 0.2) is 12.2 Å². The van der Waals surface area contributed by atoms with Crippen molar-refractivity contribution < 1.29 is 32.8 Å². The maximum Gasteiger partial charge on any atom is 0.472 e. The lowest BCUT2D eigenvalue weighted by Gasteiger charge is -2.20. The highest BCUT2D eigenvalue weighted by atomic mass is 31.2. The van der Waals surface area contributed by atoms with Crippen LogP contribution in [0.4, 0.5) is 0 Å². The monoisotopic (exact) mass is 858 g/mol. The topological polar surface area (TPSA) is 117 Å². The molecule has 3 N–H and O–H groups in total. The van der Waals surface area contributed by atoms with Crippen molar-refractivity contribution in [2.75, 3.05) is 33.0 Å². The molecule has 0 aromatic heterocycles. The van der Waals surface area contributed by atoms with Gasteiger partial charge in [0.05, 0.1) is 19.8 Å². The van der Waals surface area contributed by atoms with Gasteiger partial charge in [0.2, 0.25) is 0 Å². The van der Waals surface area contributed by atoms with Crippen LogP contribution in [0.5, 0.6) is 0 Å². The summed E-state index contributed by atoms with van der Waals surface area (Å²) in [6, 6.07) is 0. The van der Waals surface area contributed by atoms with Crippen LogP contribution >= 0.6 is 7.82 Å². The molecule has 0 amide bonds. The summed E-state index contributed by atoms with van der Waals surface area (Å²) in [5.41, 5.74) is 5.38. The standard InChI is InChI=1S/C50H100NO7P/c1-3-5-7-9-11-13-15-17-19-20-21-22-23-24-25-26-27-28-29-30-32-34-36-38-40-42-45-55-47-49(48-57-59(53,54)56-46-44-51)58-50(52)43-41-39-37-35-33-31-18-16-14-12-10-8-6-4-2/h20-21,49H,3-19,22-48,51H2,1-2H3,(H,53,54)/b21-20-. The number of nitrogens with two attached hydrogens (primary N) is 1. The number of carbonyl (C=O) groups is 1. The van der Waals surface area contributed by atoms with Crippen molar-refractivity contribution in [1.82, 2.24) is 0 Å². The number of phosphoric acid groups is 1. The molecule has 0 aliphatic heterocycles. The fourth-order valence-corrected chi connectivity index (χ4v) is 8.41. The molecule has 0 aromatic carbocycles. The molecule has 0 bridgehead atoms. The quantitative estimate of drug-likeness (QED) is 0.0269. The number of phosphoric ester groups is 1. The van der Waals surface area contributed by atoms with E-state index in [1.54, 1.807) is 0 Å². The summed E-state index contributed by atoms with van der Waals surface area (Å²) >= 11 is 0. The first-order valence-corrected chi connectivity index (χ1v) is 27.2. The van der Waals surface area contributed by atoms with Gasteiger partial charge in [-0.2, -0.15) is 0 Å². The van der Waals surface area contributed by atoms with Crippen molar-refractivity contribution >= 4 is 13.8 Å². The Bertz CT molecular complexity index is 920. The first-order chi connectivity index (χ1) is 28.9. The molecule has 0 saturated heterocycles. The van der Waals surface area contributed by atoms with Crippen LogP contribution in [0.2, 0.25) is 0 Å². The second-order valence-electron chi connectivity index (χ2n) is 17.4. The summed E-state index contributed by atoms with van der Waals surface area (Å²) in [6.07, 6.45) is 53.9. The summed E-state index contributed by atoms with van der Waals surface area (Å²) in [6.45, 7) is 4.98. The number of hydrogen-bond acceptors (Lipinski definition) is 7. The second kappa shape index (κ2) is 48.3. The van der Waals surface area contributed by atoms with Gasteiger partial charge in [0, 0.05) is 19.6 Å². The van der Waals surface area contributed by atoms with Gasteiger partial charge in [0.1, 0.15) is 6.10 Å². The molecule has 8 nitrogen and oxygen atoms in total. The minimum absolute atomic E-state index is 0.0914. The first-order valence-electron chi connectivity index (χ1n) is 25.7. The smallest absolute Gasteiger partial charge is 0.457 e. The molecular formula is C50H100NO7P. The van der Waals surface area contributed by atoms with Gasteiger partial charge in [0.15, 0.2) is 0 Å². The van der Waals surface area contributed by atoms with Crippen molar-refractivity contribution in [3.05, 3.63) is 12.2 Å². The van der Waals surface area contributed by atoms with Crippen LogP contribution in [0.25, 0.3) is 0 Å². The Morgan fingerprint density at radius 2 is 0.847 bits per heavy atom. The third kappa shape index (κ3) is 48.1. The minimum Gasteiger partial charge on any atom is -0.457 e. The Kier molecular flexibility index (Phi) is 47.7. The fraction of sp³-hybridized carbons (Fsp3) is 0.940. The summed E-state index contributed by atoms with van der Waals surface area (Å²) in [5.74, 6) is -0.324. The fourth-order valence-electron chi connectivity index (χ4n) is 7.64. The molecule has 2 atom stereocenters. The third-order valence-electron chi connectivity index (χ3n) is 11.4. The van der Waals surface area contributed by atoms with Gasteiger partial charge in [-0.25, -0.2) is 4.57 Å². The van der Waals surface area contributed by atoms with E-state index in [-0.39, 0.29) is 32.3 Å². The van der Waals surface area contributed by atoms with Crippen molar-refractivity contribution in [1.29, 1.82) is 0 Å². The molecule has 9 heteroatoms. The van der Waals surface area contributed by atoms with Crippen molar-refractivity contribution in [3.8, 4) is 0 Å². The van der Waals surface area contributed by atoms with Gasteiger partial charge < -0.3 is 20.1 Å². The zero-order valence-corrected chi connectivity index (χ0v) is 40.2. The Hall–Kier alpha value is -0.760. The second-order valence-corrected chi connectivity index (χ2v) is 18.8. The number of hydrogen-bond donors (Lipinski definition) is 2. The molecule has 2 unspecified atom stereocenters. The maximum atomic E-state index is 12.6. The van der Waals surface area contributed by atoms with Gasteiger partial charge in [-0.05, 0) is 38.5 Å². The van der Waals surface area contributed by atoms with E-state index in [2.05, 4.69) is 26.0 Å². The summed E-state index contributed by atoms with van der Waals surface area (Å²) in [7, 11) is -4.27. The largest absolute Gasteiger partial charge is 0.472 e. The third-order valence-corrected chi connectivity index (χ3v) is 12.4. The van der Waals surface area contributed by atoms with Gasteiger partial charge in [0.25, 0.3) is 0 Å². The molecule has 0 heterocycles. The molecular weight excluding hydrogens is 758 g/mol. The van der Waals surface area contributed by atoms with E-state index in [1.807, 2.05) is 0 Å². The van der Waals surface area contributed by atoms with Crippen LogP contribution in [-0.2, 0) is 27.9 Å². The Labute approximate surface area is 366 Å². The van der Waals surface area contributed by atoms with E-state index in [1.165, 1.54) is 212 Å². The van der Waals surface area contributed by atoms with Gasteiger partial charge in [-0.1, -0.05) is 231 Å². The predicted molar refractivity (Wildman–Crippen MR) is 252 cm³/mol. The van der Waals surface area contributed by atoms with E-state index in [4.69, 9.17) is 24.3 Å². The van der Waals surface area contributed by atoms with Crippen LogP contribution in [0.3, 0.4) is 0 Å². The first kappa shape index (κ1) is 58.2. The van der Waals surface area contributed by atoms with E-state index in [0.29, 0.717) is 13.0 Å². The zero-order chi connectivity index (χ0) is 43.0. The average molecular weight is 858 g/mol. The summed E-state index contributed by atoms with van der Waals surface area (Å²) in [5, 5.41) is 0. The number of ether oxygens (including phenoxy) is 2. The van der Waals surface area contributed by atoms with Crippen LogP contribution in [0.1, 0.15) is 264 Å². The average Bonchev–Trinajstić information content (AvgIpc) is 3.23. The number of unbranched alkanes of at least 4 members (excludes halogenated alkanes) is 35. The van der Waals surface area contributed by atoms with Crippen LogP contribution < -0.4 is 5.73 Å². The lowest BCUT2D eigenvalue weighted by molar-refractivity contribution is -0.154. The predicted octanol–water partition coefficient (Wildman–Crippen LogP) is 15.8. The molecule has 352 valence electrons. The molecule has 0 radical (unpaired) electrons. The number of allylic oxidation sites excluding steroid dienone is 2. The van der Waals surface area contributed by atoms with Gasteiger partial charge in [-0.3, -0.25) is 13.8 Å². The van der Waals surface area contributed by atoms with Crippen LogP contribution in [0, 0.1) is 0 Å². The highest BCUT2D eigenvalue weighted by Gasteiger charge is 2.25. The number of carbonyl (C=O) groups excluding carboxylic acids is 1. The highest BCUT2D eigenvalue weighted by Crippen LogP contribution is 2.43. The van der Waals surface area contributed by atoms with Gasteiger partial charge >= 0.3 is 13.8 Å². The molecule has 59 heavy (non-hydrogen) atoms. The molecule has 0 spiro atoms.